The Hall–Kier alpha value is -0.200. The van der Waals surface area contributed by atoms with Gasteiger partial charge in [0.25, 0.3) is 0 Å². The van der Waals surface area contributed by atoms with E-state index in [1.807, 2.05) is 0 Å². The lowest BCUT2D eigenvalue weighted by molar-refractivity contribution is -0.0375. The number of nitrogens with zero attached hydrogens (tertiary/aromatic N) is 4. The zero-order chi connectivity index (χ0) is 20.0. The monoisotopic (exact) mass is 412 g/mol. The molecule has 5 heteroatoms. The molecule has 0 radical (unpaired) electrons. The van der Waals surface area contributed by atoms with Crippen LogP contribution in [0.2, 0.25) is 0 Å². The summed E-state index contributed by atoms with van der Waals surface area (Å²) in [7, 11) is 4.51. The van der Waals surface area contributed by atoms with Crippen LogP contribution < -0.4 is 0 Å². The first-order valence-corrected chi connectivity index (χ1v) is 11.0. The lowest BCUT2D eigenvalue weighted by Crippen LogP contribution is -2.57. The van der Waals surface area contributed by atoms with Gasteiger partial charge in [-0.05, 0) is 68.5 Å². The standard InChI is InChI=1S/C11H22N2O.C11H22N2.2CH4/c1-11(2,3)13-7-9-10(8-13)14-6-5-12(9)4;1-11(2,3)13-7-9-5-6-10(8-13)12(9)4;;/h9-10H,5-8H2,1-4H3;9-10H,5-8H2,1-4H3;2*1H4. The summed E-state index contributed by atoms with van der Waals surface area (Å²) in [4.78, 5) is 10.2. The van der Waals surface area contributed by atoms with E-state index in [0.29, 0.717) is 17.7 Å². The van der Waals surface area contributed by atoms with Gasteiger partial charge in [0.2, 0.25) is 0 Å². The Kier molecular flexibility index (Phi) is 9.21. The molecule has 0 aromatic carbocycles. The minimum Gasteiger partial charge on any atom is -0.374 e. The van der Waals surface area contributed by atoms with E-state index >= 15 is 0 Å². The number of ether oxygens (including phenoxy) is 1. The molecule has 0 amide bonds. The highest BCUT2D eigenvalue weighted by molar-refractivity contribution is 4.98. The maximum atomic E-state index is 5.81. The van der Waals surface area contributed by atoms with Gasteiger partial charge in [-0.2, -0.15) is 0 Å². The van der Waals surface area contributed by atoms with Gasteiger partial charge in [0.05, 0.1) is 12.7 Å². The number of hydrogen-bond acceptors (Lipinski definition) is 5. The summed E-state index contributed by atoms with van der Waals surface area (Å²) in [5.41, 5.74) is 0.642. The molecule has 4 atom stereocenters. The van der Waals surface area contributed by atoms with E-state index in [1.54, 1.807) is 0 Å². The summed E-state index contributed by atoms with van der Waals surface area (Å²) < 4.78 is 5.81. The second kappa shape index (κ2) is 9.95. The van der Waals surface area contributed by atoms with Crippen LogP contribution in [0.5, 0.6) is 0 Å². The minimum atomic E-state index is 0. The number of hydrogen-bond donors (Lipinski definition) is 0. The Morgan fingerprint density at radius 1 is 0.724 bits per heavy atom. The largest absolute Gasteiger partial charge is 0.374 e. The van der Waals surface area contributed by atoms with E-state index in [9.17, 15) is 0 Å². The van der Waals surface area contributed by atoms with Crippen molar-refractivity contribution >= 4 is 0 Å². The molecule has 0 aliphatic carbocycles. The molecule has 29 heavy (non-hydrogen) atoms. The van der Waals surface area contributed by atoms with Gasteiger partial charge in [-0.3, -0.25) is 19.6 Å². The topological polar surface area (TPSA) is 22.2 Å². The number of likely N-dealkylation sites (tertiary alicyclic amines) is 2. The van der Waals surface area contributed by atoms with Crippen molar-refractivity contribution in [3.05, 3.63) is 0 Å². The summed E-state index contributed by atoms with van der Waals surface area (Å²) in [5, 5.41) is 0. The molecule has 0 N–H and O–H groups in total. The molecule has 4 aliphatic heterocycles. The van der Waals surface area contributed by atoms with E-state index in [1.165, 1.54) is 25.9 Å². The van der Waals surface area contributed by atoms with Crippen LogP contribution in [0.3, 0.4) is 0 Å². The molecular formula is C24H52N4O. The van der Waals surface area contributed by atoms with Crippen LogP contribution in [0, 0.1) is 0 Å². The summed E-state index contributed by atoms with van der Waals surface area (Å²) >= 11 is 0. The quantitative estimate of drug-likeness (QED) is 0.604. The first-order chi connectivity index (χ1) is 12.5. The molecule has 4 rings (SSSR count). The number of rotatable bonds is 0. The highest BCUT2D eigenvalue weighted by Crippen LogP contribution is 2.31. The van der Waals surface area contributed by atoms with Crippen LogP contribution in [0.15, 0.2) is 0 Å². The number of likely N-dealkylation sites (N-methyl/N-ethyl adjacent to an activating group) is 2. The van der Waals surface area contributed by atoms with Crippen molar-refractivity contribution in [1.29, 1.82) is 0 Å². The first kappa shape index (κ1) is 26.8. The third-order valence-corrected chi connectivity index (χ3v) is 7.32. The van der Waals surface area contributed by atoms with Crippen LogP contribution in [0.25, 0.3) is 0 Å². The van der Waals surface area contributed by atoms with Crippen molar-refractivity contribution in [2.24, 2.45) is 0 Å². The number of fused-ring (bicyclic) bond motifs is 3. The van der Waals surface area contributed by atoms with Gasteiger partial charge in [-0.25, -0.2) is 0 Å². The van der Waals surface area contributed by atoms with Crippen LogP contribution in [-0.2, 0) is 4.74 Å². The van der Waals surface area contributed by atoms with Crippen molar-refractivity contribution in [3.8, 4) is 0 Å². The first-order valence-electron chi connectivity index (χ1n) is 11.0. The van der Waals surface area contributed by atoms with E-state index in [4.69, 9.17) is 4.74 Å². The lowest BCUT2D eigenvalue weighted by Gasteiger charge is -2.45. The molecule has 4 saturated heterocycles. The van der Waals surface area contributed by atoms with Crippen molar-refractivity contribution in [2.75, 3.05) is 53.4 Å². The molecule has 5 nitrogen and oxygen atoms in total. The van der Waals surface area contributed by atoms with Crippen molar-refractivity contribution in [2.45, 2.75) is 105 Å². The van der Waals surface area contributed by atoms with Crippen LogP contribution >= 0.6 is 0 Å². The van der Waals surface area contributed by atoms with Crippen LogP contribution in [0.4, 0.5) is 0 Å². The molecule has 0 aromatic heterocycles. The Balaban J connectivity index is 0.000000272. The molecule has 2 bridgehead atoms. The Bertz CT molecular complexity index is 484. The summed E-state index contributed by atoms with van der Waals surface area (Å²) in [6, 6.07) is 2.28. The van der Waals surface area contributed by atoms with Gasteiger partial charge in [0.15, 0.2) is 0 Å². The summed E-state index contributed by atoms with van der Waals surface area (Å²) in [5.74, 6) is 0. The van der Waals surface area contributed by atoms with Crippen LogP contribution in [0.1, 0.15) is 69.2 Å². The third-order valence-electron chi connectivity index (χ3n) is 7.32. The normalized spacial score (nSPS) is 33.9. The average molecular weight is 413 g/mol. The minimum absolute atomic E-state index is 0. The second-order valence-electron chi connectivity index (χ2n) is 11.2. The van der Waals surface area contributed by atoms with E-state index in [2.05, 4.69) is 75.2 Å². The maximum Gasteiger partial charge on any atom is 0.0870 e. The van der Waals surface area contributed by atoms with Crippen LogP contribution in [-0.4, -0.2) is 108 Å². The average Bonchev–Trinajstić information content (AvgIpc) is 3.05. The smallest absolute Gasteiger partial charge is 0.0870 e. The van der Waals surface area contributed by atoms with Crippen molar-refractivity contribution in [1.82, 2.24) is 19.6 Å². The van der Waals surface area contributed by atoms with Gasteiger partial charge in [0.1, 0.15) is 0 Å². The van der Waals surface area contributed by atoms with Gasteiger partial charge < -0.3 is 4.74 Å². The third kappa shape index (κ3) is 6.16. The molecule has 0 spiro atoms. The molecule has 4 unspecified atom stereocenters. The van der Waals surface area contributed by atoms with E-state index < -0.39 is 0 Å². The molecular weight excluding hydrogens is 360 g/mol. The van der Waals surface area contributed by atoms with Gasteiger partial charge in [0, 0.05) is 61.9 Å². The Labute approximate surface area is 182 Å². The summed E-state index contributed by atoms with van der Waals surface area (Å²) in [6.45, 7) is 20.6. The van der Waals surface area contributed by atoms with E-state index in [0.717, 1.165) is 38.3 Å². The fourth-order valence-electron chi connectivity index (χ4n) is 5.07. The lowest BCUT2D eigenvalue weighted by atomic mass is 10.0. The Morgan fingerprint density at radius 3 is 1.66 bits per heavy atom. The molecule has 4 heterocycles. The highest BCUT2D eigenvalue weighted by atomic mass is 16.5. The number of piperazine rings is 1. The van der Waals surface area contributed by atoms with Crippen molar-refractivity contribution < 1.29 is 4.74 Å². The molecule has 4 fully saturated rings. The highest BCUT2D eigenvalue weighted by Gasteiger charge is 2.42. The zero-order valence-electron chi connectivity index (χ0n) is 19.2. The molecule has 0 saturated carbocycles. The van der Waals surface area contributed by atoms with Gasteiger partial charge in [-0.1, -0.05) is 14.9 Å². The fraction of sp³-hybridized carbons (Fsp3) is 1.00. The van der Waals surface area contributed by atoms with Gasteiger partial charge >= 0.3 is 0 Å². The summed E-state index contributed by atoms with van der Waals surface area (Å²) in [6.07, 6.45) is 3.26. The van der Waals surface area contributed by atoms with E-state index in [-0.39, 0.29) is 20.4 Å². The SMILES string of the molecule is C.C.CN1C2CCC1CN(C(C)(C)C)C2.CN1CCOC2CN(C(C)(C)C)CC21. The molecule has 0 aromatic rings. The predicted molar refractivity (Wildman–Crippen MR) is 127 cm³/mol. The van der Waals surface area contributed by atoms with Crippen molar-refractivity contribution in [3.63, 3.8) is 0 Å². The predicted octanol–water partition coefficient (Wildman–Crippen LogP) is 3.64. The molecule has 174 valence electrons. The zero-order valence-corrected chi connectivity index (χ0v) is 19.2. The maximum absolute atomic E-state index is 5.81. The fourth-order valence-corrected chi connectivity index (χ4v) is 5.07. The van der Waals surface area contributed by atoms with Gasteiger partial charge in [-0.15, -0.1) is 0 Å². The Morgan fingerprint density at radius 2 is 1.21 bits per heavy atom. The number of morpholine rings is 1. The molecule has 4 aliphatic rings. The second-order valence-corrected chi connectivity index (χ2v) is 11.2.